The highest BCUT2D eigenvalue weighted by Gasteiger charge is 2.20. The summed E-state index contributed by atoms with van der Waals surface area (Å²) in [7, 11) is 1.74. The number of nitrogens with one attached hydrogen (secondary N) is 2. The number of hydrogen-bond donors (Lipinski definition) is 2. The minimum Gasteiger partial charge on any atom is -0.336 e. The van der Waals surface area contributed by atoms with E-state index in [1.807, 2.05) is 6.92 Å². The molecule has 2 N–H and O–H groups in total. The molecule has 1 aliphatic rings. The molecular formula is C17H18ClN5O2. The Morgan fingerprint density at radius 1 is 1.36 bits per heavy atom. The molecule has 3 amide bonds. The average Bonchev–Trinajstić information content (AvgIpc) is 3.10. The molecule has 3 rings (SSSR count). The van der Waals surface area contributed by atoms with E-state index >= 15 is 0 Å². The monoisotopic (exact) mass is 359 g/mol. The van der Waals surface area contributed by atoms with Crippen LogP contribution in [-0.2, 0) is 11.8 Å². The largest absolute Gasteiger partial charge is 0.336 e. The molecule has 1 saturated heterocycles. The van der Waals surface area contributed by atoms with E-state index in [9.17, 15) is 9.59 Å². The van der Waals surface area contributed by atoms with Gasteiger partial charge in [0.2, 0.25) is 5.91 Å². The number of halogens is 1. The van der Waals surface area contributed by atoms with E-state index in [0.29, 0.717) is 23.9 Å². The lowest BCUT2D eigenvalue weighted by Crippen LogP contribution is -2.27. The van der Waals surface area contributed by atoms with Crippen LogP contribution in [0.4, 0.5) is 16.2 Å². The maximum atomic E-state index is 12.1. The minimum absolute atomic E-state index is 0.108. The Morgan fingerprint density at radius 2 is 2.08 bits per heavy atom. The zero-order valence-corrected chi connectivity index (χ0v) is 14.7. The maximum Gasteiger partial charge on any atom is 0.321 e. The number of urea groups is 1. The fraction of sp³-hybridized carbons (Fsp3) is 0.235. The third-order valence-electron chi connectivity index (χ3n) is 3.90. The standard InChI is InChI=1S/C17H18ClN5O2/c1-11-14(16(18)22(2)21-11)7-8-15(24)20-12-3-5-13(6-4-12)23-10-9-19-17(23)25/h3-8H,9-10H2,1-2H3,(H,19,25)(H,20,24)/b8-7+. The Labute approximate surface area is 150 Å². The van der Waals surface area contributed by atoms with Crippen LogP contribution in [0.1, 0.15) is 11.3 Å². The number of amides is 3. The lowest BCUT2D eigenvalue weighted by atomic mass is 10.2. The second-order valence-electron chi connectivity index (χ2n) is 5.67. The first-order valence-corrected chi connectivity index (χ1v) is 8.17. The van der Waals surface area contributed by atoms with Gasteiger partial charge in [-0.3, -0.25) is 14.4 Å². The Bertz CT molecular complexity index is 841. The number of anilines is 2. The van der Waals surface area contributed by atoms with E-state index in [2.05, 4.69) is 15.7 Å². The van der Waals surface area contributed by atoms with Crippen LogP contribution in [0.25, 0.3) is 6.08 Å². The molecule has 0 radical (unpaired) electrons. The summed E-state index contributed by atoms with van der Waals surface area (Å²) in [6.45, 7) is 3.10. The number of aromatic nitrogens is 2. The molecule has 0 atom stereocenters. The molecule has 0 aliphatic carbocycles. The van der Waals surface area contributed by atoms with Crippen molar-refractivity contribution in [2.75, 3.05) is 23.3 Å². The Balaban J connectivity index is 1.65. The molecule has 1 aliphatic heterocycles. The van der Waals surface area contributed by atoms with Crippen molar-refractivity contribution in [1.29, 1.82) is 0 Å². The zero-order chi connectivity index (χ0) is 18.0. The molecule has 0 unspecified atom stereocenters. The van der Waals surface area contributed by atoms with E-state index in [1.165, 1.54) is 6.08 Å². The maximum absolute atomic E-state index is 12.1. The summed E-state index contributed by atoms with van der Waals surface area (Å²) < 4.78 is 1.56. The molecule has 1 aromatic carbocycles. The van der Waals surface area contributed by atoms with Gasteiger partial charge in [-0.05, 0) is 37.3 Å². The van der Waals surface area contributed by atoms with E-state index in [0.717, 1.165) is 16.9 Å². The van der Waals surface area contributed by atoms with Crippen molar-refractivity contribution in [1.82, 2.24) is 15.1 Å². The third kappa shape index (κ3) is 3.66. The van der Waals surface area contributed by atoms with Gasteiger partial charge in [-0.2, -0.15) is 5.10 Å². The normalized spacial score (nSPS) is 14.2. The number of hydrogen-bond acceptors (Lipinski definition) is 3. The van der Waals surface area contributed by atoms with Gasteiger partial charge in [0.05, 0.1) is 5.69 Å². The Morgan fingerprint density at radius 3 is 2.64 bits per heavy atom. The number of rotatable bonds is 4. The second kappa shape index (κ2) is 6.98. The lowest BCUT2D eigenvalue weighted by Gasteiger charge is -2.14. The number of nitrogens with zero attached hydrogens (tertiary/aromatic N) is 3. The van der Waals surface area contributed by atoms with Crippen molar-refractivity contribution in [3.05, 3.63) is 46.8 Å². The molecule has 0 spiro atoms. The van der Waals surface area contributed by atoms with Crippen molar-refractivity contribution in [3.8, 4) is 0 Å². The van der Waals surface area contributed by atoms with Gasteiger partial charge < -0.3 is 10.6 Å². The average molecular weight is 360 g/mol. The highest BCUT2D eigenvalue weighted by Crippen LogP contribution is 2.21. The first-order chi connectivity index (χ1) is 12.0. The van der Waals surface area contributed by atoms with Crippen molar-refractivity contribution < 1.29 is 9.59 Å². The SMILES string of the molecule is Cc1nn(C)c(Cl)c1/C=C/C(=O)Nc1ccc(N2CCNC2=O)cc1. The van der Waals surface area contributed by atoms with Crippen molar-refractivity contribution in [3.63, 3.8) is 0 Å². The van der Waals surface area contributed by atoms with E-state index in [4.69, 9.17) is 11.6 Å². The van der Waals surface area contributed by atoms with Gasteiger partial charge in [-0.25, -0.2) is 4.79 Å². The summed E-state index contributed by atoms with van der Waals surface area (Å²) in [6, 6.07) is 7.01. The first-order valence-electron chi connectivity index (χ1n) is 7.79. The molecule has 1 aromatic heterocycles. The molecule has 8 heteroatoms. The van der Waals surface area contributed by atoms with Crippen LogP contribution in [0, 0.1) is 6.92 Å². The van der Waals surface area contributed by atoms with E-state index in [1.54, 1.807) is 47.0 Å². The van der Waals surface area contributed by atoms with E-state index in [-0.39, 0.29) is 11.9 Å². The van der Waals surface area contributed by atoms with Gasteiger partial charge >= 0.3 is 6.03 Å². The predicted octanol–water partition coefficient (Wildman–Crippen LogP) is 2.56. The van der Waals surface area contributed by atoms with Crippen molar-refractivity contribution in [2.24, 2.45) is 7.05 Å². The Kier molecular flexibility index (Phi) is 4.76. The highest BCUT2D eigenvalue weighted by molar-refractivity contribution is 6.31. The summed E-state index contributed by atoms with van der Waals surface area (Å²) in [5, 5.41) is 10.2. The molecule has 0 saturated carbocycles. The van der Waals surface area contributed by atoms with Gasteiger partial charge in [-0.1, -0.05) is 11.6 Å². The molecule has 7 nitrogen and oxygen atoms in total. The Hall–Kier alpha value is -2.80. The smallest absolute Gasteiger partial charge is 0.321 e. The predicted molar refractivity (Wildman–Crippen MR) is 97.8 cm³/mol. The highest BCUT2D eigenvalue weighted by atomic mass is 35.5. The molecule has 25 heavy (non-hydrogen) atoms. The summed E-state index contributed by atoms with van der Waals surface area (Å²) in [5.74, 6) is -0.272. The van der Waals surface area contributed by atoms with Crippen LogP contribution in [-0.4, -0.2) is 34.8 Å². The van der Waals surface area contributed by atoms with Gasteiger partial charge in [0, 0.05) is 43.2 Å². The third-order valence-corrected chi connectivity index (χ3v) is 4.35. The molecule has 130 valence electrons. The van der Waals surface area contributed by atoms with Gasteiger partial charge in [-0.15, -0.1) is 0 Å². The quantitative estimate of drug-likeness (QED) is 0.823. The van der Waals surface area contributed by atoms with Crippen molar-refractivity contribution >= 4 is 41.0 Å². The summed E-state index contributed by atoms with van der Waals surface area (Å²) in [4.78, 5) is 25.3. The van der Waals surface area contributed by atoms with Crippen molar-refractivity contribution in [2.45, 2.75) is 6.92 Å². The molecule has 2 heterocycles. The molecule has 0 bridgehead atoms. The number of benzene rings is 1. The zero-order valence-electron chi connectivity index (χ0n) is 13.9. The lowest BCUT2D eigenvalue weighted by molar-refractivity contribution is -0.111. The van der Waals surface area contributed by atoms with Crippen LogP contribution in [0.2, 0.25) is 5.15 Å². The van der Waals surface area contributed by atoms with Crippen LogP contribution in [0.3, 0.4) is 0 Å². The van der Waals surface area contributed by atoms with Gasteiger partial charge in [0.25, 0.3) is 0 Å². The van der Waals surface area contributed by atoms with Gasteiger partial charge in [0.1, 0.15) is 5.15 Å². The number of carbonyl (C=O) groups is 2. The first kappa shape index (κ1) is 17.0. The number of carbonyl (C=O) groups excluding carboxylic acids is 2. The van der Waals surface area contributed by atoms with Crippen LogP contribution < -0.4 is 15.5 Å². The van der Waals surface area contributed by atoms with E-state index < -0.39 is 0 Å². The van der Waals surface area contributed by atoms with Gasteiger partial charge in [0.15, 0.2) is 0 Å². The fourth-order valence-corrected chi connectivity index (χ4v) is 2.86. The second-order valence-corrected chi connectivity index (χ2v) is 6.02. The van der Waals surface area contributed by atoms with Crippen LogP contribution >= 0.6 is 11.6 Å². The minimum atomic E-state index is -0.272. The summed E-state index contributed by atoms with van der Waals surface area (Å²) >= 11 is 6.13. The summed E-state index contributed by atoms with van der Waals surface area (Å²) in [5.41, 5.74) is 2.91. The molecular weight excluding hydrogens is 342 g/mol. The topological polar surface area (TPSA) is 79.3 Å². The fourth-order valence-electron chi connectivity index (χ4n) is 2.62. The molecule has 2 aromatic rings. The number of aryl methyl sites for hydroxylation is 2. The van der Waals surface area contributed by atoms with Crippen LogP contribution in [0.5, 0.6) is 0 Å². The summed E-state index contributed by atoms with van der Waals surface area (Å²) in [6.07, 6.45) is 3.06. The van der Waals surface area contributed by atoms with Crippen LogP contribution in [0.15, 0.2) is 30.3 Å². The molecule has 1 fully saturated rings.